The molecule has 0 bridgehead atoms. The van der Waals surface area contributed by atoms with Crippen molar-refractivity contribution in [1.82, 2.24) is 15.3 Å². The van der Waals surface area contributed by atoms with Gasteiger partial charge in [-0.25, -0.2) is 0 Å². The van der Waals surface area contributed by atoms with Gasteiger partial charge in [0.25, 0.3) is 0 Å². The van der Waals surface area contributed by atoms with Crippen LogP contribution in [0.4, 0.5) is 0 Å². The third-order valence-corrected chi connectivity index (χ3v) is 3.98. The Hall–Kier alpha value is -1.16. The summed E-state index contributed by atoms with van der Waals surface area (Å²) in [7, 11) is 0. The van der Waals surface area contributed by atoms with Crippen LogP contribution in [0.2, 0.25) is 10.0 Å². The average Bonchev–Trinajstić information content (AvgIpc) is 2.47. The number of aryl methyl sites for hydroxylation is 1. The highest BCUT2D eigenvalue weighted by Crippen LogP contribution is 2.28. The third kappa shape index (κ3) is 4.40. The Morgan fingerprint density at radius 3 is 2.43 bits per heavy atom. The molecule has 0 aliphatic rings. The summed E-state index contributed by atoms with van der Waals surface area (Å²) in [6, 6.07) is 5.63. The van der Waals surface area contributed by atoms with Gasteiger partial charge in [-0.2, -0.15) is 0 Å². The molecule has 1 N–H and O–H groups in total. The van der Waals surface area contributed by atoms with E-state index in [0.717, 1.165) is 29.9 Å². The quantitative estimate of drug-likeness (QED) is 0.857. The van der Waals surface area contributed by atoms with E-state index < -0.39 is 0 Å². The molecule has 0 amide bonds. The Morgan fingerprint density at radius 1 is 1.14 bits per heavy atom. The summed E-state index contributed by atoms with van der Waals surface area (Å²) in [5, 5.41) is 4.86. The summed E-state index contributed by atoms with van der Waals surface area (Å²) in [4.78, 5) is 8.80. The van der Waals surface area contributed by atoms with Gasteiger partial charge in [-0.05, 0) is 44.0 Å². The highest BCUT2D eigenvalue weighted by atomic mass is 35.5. The lowest BCUT2D eigenvalue weighted by molar-refractivity contribution is 0.516. The zero-order valence-electron chi connectivity index (χ0n) is 12.2. The molecular weight excluding hydrogens is 305 g/mol. The van der Waals surface area contributed by atoms with Crippen LogP contribution in [0, 0.1) is 6.92 Å². The lowest BCUT2D eigenvalue weighted by Gasteiger charge is -2.19. The van der Waals surface area contributed by atoms with Crippen LogP contribution in [-0.2, 0) is 6.42 Å². The van der Waals surface area contributed by atoms with Crippen molar-refractivity contribution in [3.05, 3.63) is 57.6 Å². The van der Waals surface area contributed by atoms with Crippen LogP contribution in [0.25, 0.3) is 0 Å². The Kier molecular flexibility index (Phi) is 5.97. The molecule has 112 valence electrons. The molecule has 1 aromatic carbocycles. The van der Waals surface area contributed by atoms with Gasteiger partial charge in [0.05, 0.1) is 23.6 Å². The zero-order valence-corrected chi connectivity index (χ0v) is 13.7. The number of nitrogens with zero attached hydrogens (tertiary/aromatic N) is 2. The number of hydrogen-bond acceptors (Lipinski definition) is 3. The van der Waals surface area contributed by atoms with Crippen LogP contribution in [0.5, 0.6) is 0 Å². The topological polar surface area (TPSA) is 37.8 Å². The molecule has 0 saturated heterocycles. The predicted molar refractivity (Wildman–Crippen MR) is 88.0 cm³/mol. The maximum absolute atomic E-state index is 6.27. The van der Waals surface area contributed by atoms with Crippen LogP contribution in [0.1, 0.15) is 36.3 Å². The minimum absolute atomic E-state index is 0.0513. The first-order valence-electron chi connectivity index (χ1n) is 7.06. The first kappa shape index (κ1) is 16.2. The molecule has 0 aliphatic carbocycles. The van der Waals surface area contributed by atoms with Gasteiger partial charge >= 0.3 is 0 Å². The van der Waals surface area contributed by atoms with Gasteiger partial charge in [0.15, 0.2) is 0 Å². The Labute approximate surface area is 135 Å². The maximum Gasteiger partial charge on any atom is 0.0759 e. The monoisotopic (exact) mass is 323 g/mol. The van der Waals surface area contributed by atoms with Gasteiger partial charge in [-0.3, -0.25) is 9.97 Å². The van der Waals surface area contributed by atoms with E-state index in [0.29, 0.717) is 16.5 Å². The first-order chi connectivity index (χ1) is 10.1. The lowest BCUT2D eigenvalue weighted by Crippen LogP contribution is -2.25. The molecule has 3 nitrogen and oxygen atoms in total. The minimum Gasteiger partial charge on any atom is -0.308 e. The first-order valence-corrected chi connectivity index (χ1v) is 7.82. The van der Waals surface area contributed by atoms with Gasteiger partial charge in [-0.15, -0.1) is 0 Å². The molecule has 5 heteroatoms. The van der Waals surface area contributed by atoms with Crippen LogP contribution in [-0.4, -0.2) is 16.5 Å². The Bertz CT molecular complexity index is 564. The normalized spacial score (nSPS) is 12.4. The van der Waals surface area contributed by atoms with Crippen molar-refractivity contribution in [3.63, 3.8) is 0 Å². The van der Waals surface area contributed by atoms with Crippen LogP contribution in [0.15, 0.2) is 30.6 Å². The van der Waals surface area contributed by atoms with E-state index in [1.54, 1.807) is 6.20 Å². The van der Waals surface area contributed by atoms with Crippen LogP contribution in [0.3, 0.4) is 0 Å². The largest absolute Gasteiger partial charge is 0.308 e. The van der Waals surface area contributed by atoms with E-state index in [1.807, 2.05) is 31.3 Å². The zero-order chi connectivity index (χ0) is 15.2. The second-order valence-corrected chi connectivity index (χ2v) is 5.81. The number of halogens is 2. The maximum atomic E-state index is 6.27. The highest BCUT2D eigenvalue weighted by molar-refractivity contribution is 6.36. The third-order valence-electron chi connectivity index (χ3n) is 3.27. The second kappa shape index (κ2) is 7.74. The van der Waals surface area contributed by atoms with E-state index in [9.17, 15) is 0 Å². The molecule has 1 unspecified atom stereocenters. The van der Waals surface area contributed by atoms with Gasteiger partial charge < -0.3 is 5.32 Å². The SMILES string of the molecule is CCCNC(Cc1c(Cl)cccc1Cl)c1cnc(C)cn1. The van der Waals surface area contributed by atoms with E-state index in [2.05, 4.69) is 22.2 Å². The molecule has 1 atom stereocenters. The number of nitrogens with one attached hydrogen (secondary N) is 1. The van der Waals surface area contributed by atoms with Crippen molar-refractivity contribution in [1.29, 1.82) is 0 Å². The summed E-state index contributed by atoms with van der Waals surface area (Å²) < 4.78 is 0. The van der Waals surface area contributed by atoms with Crippen LogP contribution >= 0.6 is 23.2 Å². The molecule has 2 aromatic rings. The lowest BCUT2D eigenvalue weighted by atomic mass is 10.0. The van der Waals surface area contributed by atoms with E-state index in [-0.39, 0.29) is 6.04 Å². The molecule has 1 heterocycles. The van der Waals surface area contributed by atoms with Gasteiger partial charge in [0.2, 0.25) is 0 Å². The summed E-state index contributed by atoms with van der Waals surface area (Å²) in [6.45, 7) is 4.96. The standard InChI is InChI=1S/C16H19Cl2N3/c1-3-7-19-15(16-10-20-11(2)9-21-16)8-12-13(17)5-4-6-14(12)18/h4-6,9-10,15,19H,3,7-8H2,1-2H3. The molecule has 21 heavy (non-hydrogen) atoms. The van der Waals surface area contributed by atoms with E-state index in [1.165, 1.54) is 0 Å². The minimum atomic E-state index is 0.0513. The van der Waals surface area contributed by atoms with Crippen molar-refractivity contribution in [2.45, 2.75) is 32.7 Å². The molecule has 0 saturated carbocycles. The molecule has 0 aliphatic heterocycles. The van der Waals surface area contributed by atoms with Gasteiger partial charge in [0, 0.05) is 16.2 Å². The molecule has 0 radical (unpaired) electrons. The van der Waals surface area contributed by atoms with Crippen LogP contribution < -0.4 is 5.32 Å². The summed E-state index contributed by atoms with van der Waals surface area (Å²) in [6.07, 6.45) is 5.33. The Balaban J connectivity index is 2.26. The van der Waals surface area contributed by atoms with Gasteiger partial charge in [0.1, 0.15) is 0 Å². The average molecular weight is 324 g/mol. The van der Waals surface area contributed by atoms with Crippen molar-refractivity contribution in [2.24, 2.45) is 0 Å². The summed E-state index contributed by atoms with van der Waals surface area (Å²) in [5.41, 5.74) is 2.76. The molecule has 1 aromatic heterocycles. The second-order valence-electron chi connectivity index (χ2n) is 4.99. The molecular formula is C16H19Cl2N3. The predicted octanol–water partition coefficient (Wildman–Crippen LogP) is 4.38. The van der Waals surface area contributed by atoms with Crippen molar-refractivity contribution < 1.29 is 0 Å². The highest BCUT2D eigenvalue weighted by Gasteiger charge is 2.17. The van der Waals surface area contributed by atoms with E-state index >= 15 is 0 Å². The fourth-order valence-electron chi connectivity index (χ4n) is 2.11. The number of benzene rings is 1. The molecule has 0 fully saturated rings. The number of hydrogen-bond donors (Lipinski definition) is 1. The van der Waals surface area contributed by atoms with E-state index in [4.69, 9.17) is 23.2 Å². The van der Waals surface area contributed by atoms with Crippen molar-refractivity contribution in [2.75, 3.05) is 6.54 Å². The smallest absolute Gasteiger partial charge is 0.0759 e. The fourth-order valence-corrected chi connectivity index (χ4v) is 2.67. The summed E-state index contributed by atoms with van der Waals surface area (Å²) in [5.74, 6) is 0. The Morgan fingerprint density at radius 2 is 1.86 bits per heavy atom. The number of rotatable bonds is 6. The molecule has 2 rings (SSSR count). The van der Waals surface area contributed by atoms with Gasteiger partial charge in [-0.1, -0.05) is 36.2 Å². The molecule has 0 spiro atoms. The van der Waals surface area contributed by atoms with Crippen molar-refractivity contribution >= 4 is 23.2 Å². The fraction of sp³-hybridized carbons (Fsp3) is 0.375. The van der Waals surface area contributed by atoms with Crippen molar-refractivity contribution in [3.8, 4) is 0 Å². The number of aromatic nitrogens is 2. The summed E-state index contributed by atoms with van der Waals surface area (Å²) >= 11 is 12.5.